The molecule has 0 bridgehead atoms. The van der Waals surface area contributed by atoms with Crippen molar-refractivity contribution in [2.45, 2.75) is 75.8 Å². The molecule has 0 heterocycles. The molecule has 18 heavy (non-hydrogen) atoms. The fraction of sp³-hybridized carbons (Fsp3) is 1.00. The molecule has 5 nitrogen and oxygen atoms in total. The van der Waals surface area contributed by atoms with Crippen LogP contribution in [0.4, 0.5) is 0 Å². The standard InChI is InChI=1S/C12H23BO5/c14-9-1-5-11(6-2-9)17-13(16)18-12-7-3-10(15)4-8-12/h9-12,14-16H,1-8H2. The first-order valence-corrected chi connectivity index (χ1v) is 6.98. The largest absolute Gasteiger partial charge is 0.637 e. The average molecular weight is 258 g/mol. The second-order valence-electron chi connectivity index (χ2n) is 5.44. The van der Waals surface area contributed by atoms with Crippen molar-refractivity contribution in [3.63, 3.8) is 0 Å². The molecule has 104 valence electrons. The third-order valence-corrected chi connectivity index (χ3v) is 3.91. The van der Waals surface area contributed by atoms with Gasteiger partial charge < -0.3 is 24.5 Å². The van der Waals surface area contributed by atoms with Crippen LogP contribution in [-0.4, -0.2) is 47.0 Å². The van der Waals surface area contributed by atoms with Gasteiger partial charge in [-0.15, -0.1) is 0 Å². The highest BCUT2D eigenvalue weighted by atomic mass is 16.7. The Morgan fingerprint density at radius 3 is 1.33 bits per heavy atom. The minimum Gasteiger partial charge on any atom is -0.402 e. The summed E-state index contributed by atoms with van der Waals surface area (Å²) in [7, 11) is -1.18. The van der Waals surface area contributed by atoms with Crippen molar-refractivity contribution in [3.05, 3.63) is 0 Å². The van der Waals surface area contributed by atoms with Crippen molar-refractivity contribution in [1.29, 1.82) is 0 Å². The smallest absolute Gasteiger partial charge is 0.402 e. The Labute approximate surface area is 108 Å². The first-order valence-electron chi connectivity index (χ1n) is 6.98. The van der Waals surface area contributed by atoms with E-state index >= 15 is 0 Å². The lowest BCUT2D eigenvalue weighted by Crippen LogP contribution is -2.37. The zero-order valence-corrected chi connectivity index (χ0v) is 10.7. The number of rotatable bonds is 4. The SMILES string of the molecule is OB(OC1CCC(O)CC1)OC1CCC(O)CC1. The van der Waals surface area contributed by atoms with Crippen molar-refractivity contribution < 1.29 is 24.5 Å². The third-order valence-electron chi connectivity index (χ3n) is 3.91. The van der Waals surface area contributed by atoms with Gasteiger partial charge in [0.05, 0.1) is 12.2 Å². The summed E-state index contributed by atoms with van der Waals surface area (Å²) in [5.74, 6) is 0. The van der Waals surface area contributed by atoms with Gasteiger partial charge >= 0.3 is 7.32 Å². The molecule has 0 saturated heterocycles. The summed E-state index contributed by atoms with van der Waals surface area (Å²) in [4.78, 5) is 0. The molecule has 0 unspecified atom stereocenters. The maximum absolute atomic E-state index is 9.72. The van der Waals surface area contributed by atoms with Crippen LogP contribution in [0.1, 0.15) is 51.4 Å². The summed E-state index contributed by atoms with van der Waals surface area (Å²) in [6, 6.07) is 0. The zero-order chi connectivity index (χ0) is 13.0. The van der Waals surface area contributed by atoms with Crippen LogP contribution in [0.2, 0.25) is 0 Å². The molecule has 0 aromatic heterocycles. The summed E-state index contributed by atoms with van der Waals surface area (Å²) < 4.78 is 10.9. The predicted molar refractivity (Wildman–Crippen MR) is 66.7 cm³/mol. The van der Waals surface area contributed by atoms with Crippen molar-refractivity contribution in [3.8, 4) is 0 Å². The van der Waals surface area contributed by atoms with E-state index in [9.17, 15) is 15.2 Å². The van der Waals surface area contributed by atoms with Gasteiger partial charge in [-0.1, -0.05) is 0 Å². The van der Waals surface area contributed by atoms with E-state index in [2.05, 4.69) is 0 Å². The number of hydrogen-bond acceptors (Lipinski definition) is 5. The van der Waals surface area contributed by atoms with E-state index in [1.54, 1.807) is 0 Å². The second-order valence-corrected chi connectivity index (χ2v) is 5.44. The van der Waals surface area contributed by atoms with E-state index in [4.69, 9.17) is 9.31 Å². The molecule has 2 saturated carbocycles. The van der Waals surface area contributed by atoms with E-state index in [0.717, 1.165) is 51.4 Å². The van der Waals surface area contributed by atoms with E-state index < -0.39 is 7.32 Å². The summed E-state index contributed by atoms with van der Waals surface area (Å²) in [6.45, 7) is 0. The van der Waals surface area contributed by atoms with Gasteiger partial charge in [0.1, 0.15) is 0 Å². The summed E-state index contributed by atoms with van der Waals surface area (Å²) in [5.41, 5.74) is 0. The minimum absolute atomic E-state index is 0.0161. The van der Waals surface area contributed by atoms with Crippen LogP contribution >= 0.6 is 0 Å². The van der Waals surface area contributed by atoms with Crippen LogP contribution in [0.3, 0.4) is 0 Å². The molecular weight excluding hydrogens is 235 g/mol. The molecule has 2 aliphatic carbocycles. The molecule has 2 aliphatic rings. The maximum atomic E-state index is 9.72. The number of hydrogen-bond donors (Lipinski definition) is 3. The summed E-state index contributed by atoms with van der Waals surface area (Å²) in [6.07, 6.45) is 5.52. The molecule has 0 radical (unpaired) electrons. The van der Waals surface area contributed by atoms with Gasteiger partial charge in [-0.25, -0.2) is 0 Å². The molecular formula is C12H23BO5. The van der Waals surface area contributed by atoms with Crippen LogP contribution in [0.25, 0.3) is 0 Å². The van der Waals surface area contributed by atoms with Crippen LogP contribution < -0.4 is 0 Å². The van der Waals surface area contributed by atoms with Gasteiger partial charge in [-0.2, -0.15) is 0 Å². The highest BCUT2D eigenvalue weighted by molar-refractivity contribution is 6.34. The Morgan fingerprint density at radius 2 is 1.00 bits per heavy atom. The molecule has 0 aliphatic heterocycles. The van der Waals surface area contributed by atoms with E-state index in [0.29, 0.717) is 0 Å². The Balaban J connectivity index is 1.64. The Morgan fingerprint density at radius 1 is 0.667 bits per heavy atom. The Hall–Kier alpha value is -0.135. The van der Waals surface area contributed by atoms with Crippen LogP contribution in [0.15, 0.2) is 0 Å². The monoisotopic (exact) mass is 258 g/mol. The molecule has 0 amide bonds. The lowest BCUT2D eigenvalue weighted by molar-refractivity contribution is -0.00316. The van der Waals surface area contributed by atoms with Crippen molar-refractivity contribution in [1.82, 2.24) is 0 Å². The number of aliphatic hydroxyl groups excluding tert-OH is 2. The molecule has 2 fully saturated rings. The van der Waals surface area contributed by atoms with Gasteiger partial charge in [0, 0.05) is 12.2 Å². The summed E-state index contributed by atoms with van der Waals surface area (Å²) in [5, 5.41) is 28.5. The maximum Gasteiger partial charge on any atom is 0.637 e. The van der Waals surface area contributed by atoms with Gasteiger partial charge in [0.2, 0.25) is 0 Å². The highest BCUT2D eigenvalue weighted by Crippen LogP contribution is 2.24. The highest BCUT2D eigenvalue weighted by Gasteiger charge is 2.30. The predicted octanol–water partition coefficient (Wildman–Crippen LogP) is 0.604. The van der Waals surface area contributed by atoms with Crippen molar-refractivity contribution >= 4 is 7.32 Å². The fourth-order valence-electron chi connectivity index (χ4n) is 2.72. The lowest BCUT2D eigenvalue weighted by Gasteiger charge is -2.29. The first kappa shape index (κ1) is 14.3. The molecule has 6 heteroatoms. The van der Waals surface area contributed by atoms with Gasteiger partial charge in [-0.3, -0.25) is 0 Å². The van der Waals surface area contributed by atoms with Gasteiger partial charge in [0.25, 0.3) is 0 Å². The molecule has 0 aromatic rings. The Kier molecular flexibility index (Phi) is 5.45. The lowest BCUT2D eigenvalue weighted by atomic mass is 9.93. The molecule has 0 atom stereocenters. The van der Waals surface area contributed by atoms with Crippen LogP contribution in [-0.2, 0) is 9.31 Å². The molecule has 2 rings (SSSR count). The van der Waals surface area contributed by atoms with E-state index in [1.807, 2.05) is 0 Å². The van der Waals surface area contributed by atoms with Crippen molar-refractivity contribution in [2.24, 2.45) is 0 Å². The number of aliphatic hydroxyl groups is 2. The van der Waals surface area contributed by atoms with Gasteiger partial charge in [0.15, 0.2) is 0 Å². The summed E-state index contributed by atoms with van der Waals surface area (Å²) >= 11 is 0. The minimum atomic E-state index is -1.18. The Bertz CT molecular complexity index is 213. The zero-order valence-electron chi connectivity index (χ0n) is 10.7. The van der Waals surface area contributed by atoms with Crippen molar-refractivity contribution in [2.75, 3.05) is 0 Å². The normalized spacial score (nSPS) is 37.5. The molecule has 3 N–H and O–H groups in total. The first-order chi connectivity index (χ1) is 8.63. The van der Waals surface area contributed by atoms with Crippen LogP contribution in [0.5, 0.6) is 0 Å². The fourth-order valence-corrected chi connectivity index (χ4v) is 2.72. The van der Waals surface area contributed by atoms with E-state index in [-0.39, 0.29) is 24.4 Å². The average Bonchev–Trinajstić information content (AvgIpc) is 2.35. The van der Waals surface area contributed by atoms with Crippen LogP contribution in [0, 0.1) is 0 Å². The quantitative estimate of drug-likeness (QED) is 0.644. The topological polar surface area (TPSA) is 79.2 Å². The molecule has 0 aromatic carbocycles. The molecule has 0 spiro atoms. The van der Waals surface area contributed by atoms with Gasteiger partial charge in [-0.05, 0) is 51.4 Å². The third kappa shape index (κ3) is 4.51. The second kappa shape index (κ2) is 6.87. The van der Waals surface area contributed by atoms with E-state index in [1.165, 1.54) is 0 Å².